The Balaban J connectivity index is 2.05. The van der Waals surface area contributed by atoms with Gasteiger partial charge in [-0.25, -0.2) is 0 Å². The Morgan fingerprint density at radius 1 is 1.22 bits per heavy atom. The number of anilines is 1. The molecule has 2 saturated heterocycles. The van der Waals surface area contributed by atoms with Crippen molar-refractivity contribution in [3.63, 3.8) is 0 Å². The zero-order chi connectivity index (χ0) is 12.6. The molecule has 98 valence electrons. The number of nitrogens with zero attached hydrogens (tertiary/aromatic N) is 1. The van der Waals surface area contributed by atoms with Gasteiger partial charge in [-0.05, 0) is 51.3 Å². The van der Waals surface area contributed by atoms with Crippen molar-refractivity contribution in [3.8, 4) is 0 Å². The van der Waals surface area contributed by atoms with Gasteiger partial charge in [-0.3, -0.25) is 0 Å². The van der Waals surface area contributed by atoms with Crippen molar-refractivity contribution in [2.75, 3.05) is 24.5 Å². The minimum absolute atomic E-state index is 0.0519. The highest BCUT2D eigenvalue weighted by molar-refractivity contribution is 6.32. The topological polar surface area (TPSA) is 15.3 Å². The molecule has 1 unspecified atom stereocenters. The smallest absolute Gasteiger partial charge is 0.0477 e. The van der Waals surface area contributed by atoms with Gasteiger partial charge in [0.05, 0.1) is 0 Å². The molecule has 2 fully saturated rings. The second kappa shape index (κ2) is 4.75. The van der Waals surface area contributed by atoms with E-state index in [-0.39, 0.29) is 5.54 Å². The molecule has 2 aliphatic rings. The molecule has 2 heterocycles. The van der Waals surface area contributed by atoms with Gasteiger partial charge in [-0.15, -0.1) is 0 Å². The van der Waals surface area contributed by atoms with Crippen molar-refractivity contribution in [2.24, 2.45) is 0 Å². The summed E-state index contributed by atoms with van der Waals surface area (Å²) in [6.07, 6.45) is 5.02. The van der Waals surface area contributed by atoms with E-state index in [9.17, 15) is 0 Å². The highest BCUT2D eigenvalue weighted by Crippen LogP contribution is 2.41. The number of halogens is 1. The molecule has 0 saturated carbocycles. The van der Waals surface area contributed by atoms with Crippen molar-refractivity contribution in [1.29, 1.82) is 0 Å². The van der Waals surface area contributed by atoms with E-state index in [2.05, 4.69) is 29.3 Å². The summed E-state index contributed by atoms with van der Waals surface area (Å²) < 4.78 is 0. The van der Waals surface area contributed by atoms with Crippen molar-refractivity contribution < 1.29 is 0 Å². The lowest BCUT2D eigenvalue weighted by Gasteiger charge is -2.32. The molecule has 0 aromatic heterocycles. The van der Waals surface area contributed by atoms with Gasteiger partial charge >= 0.3 is 0 Å². The van der Waals surface area contributed by atoms with Crippen molar-refractivity contribution in [2.45, 2.75) is 38.1 Å². The molecule has 3 rings (SSSR count). The summed E-state index contributed by atoms with van der Waals surface area (Å²) >= 11 is 6.51. The Labute approximate surface area is 114 Å². The number of rotatable bonds is 2. The first-order chi connectivity index (χ1) is 8.71. The molecule has 0 amide bonds. The molecule has 0 bridgehead atoms. The number of hydrogen-bond acceptors (Lipinski definition) is 2. The van der Waals surface area contributed by atoms with E-state index in [0.29, 0.717) is 0 Å². The zero-order valence-corrected chi connectivity index (χ0v) is 11.8. The molecule has 2 nitrogen and oxygen atoms in total. The SMILES string of the molecule is CC1(c2c(Cl)cccc2N2CCCC2)CCCN1. The van der Waals surface area contributed by atoms with Gasteiger partial charge in [0.25, 0.3) is 0 Å². The molecule has 3 heteroatoms. The molecule has 1 aromatic carbocycles. The number of nitrogens with one attached hydrogen (secondary N) is 1. The van der Waals surface area contributed by atoms with Crippen molar-refractivity contribution in [1.82, 2.24) is 5.32 Å². The summed E-state index contributed by atoms with van der Waals surface area (Å²) in [6, 6.07) is 6.34. The fourth-order valence-corrected chi connectivity index (χ4v) is 3.77. The van der Waals surface area contributed by atoms with Crippen LogP contribution in [-0.2, 0) is 5.54 Å². The third-order valence-electron chi connectivity index (χ3n) is 4.36. The largest absolute Gasteiger partial charge is 0.371 e. The average molecular weight is 265 g/mol. The average Bonchev–Trinajstić information content (AvgIpc) is 3.00. The molecule has 0 spiro atoms. The van der Waals surface area contributed by atoms with Crippen LogP contribution in [0.25, 0.3) is 0 Å². The van der Waals surface area contributed by atoms with Crippen LogP contribution in [0, 0.1) is 0 Å². The molecule has 0 radical (unpaired) electrons. The quantitative estimate of drug-likeness (QED) is 0.879. The first-order valence-corrected chi connectivity index (χ1v) is 7.37. The first kappa shape index (κ1) is 12.3. The summed E-state index contributed by atoms with van der Waals surface area (Å²) in [5.74, 6) is 0. The summed E-state index contributed by atoms with van der Waals surface area (Å²) in [7, 11) is 0. The molecule has 1 atom stereocenters. The second-order valence-electron chi connectivity index (χ2n) is 5.69. The lowest BCUT2D eigenvalue weighted by Crippen LogP contribution is -2.35. The number of hydrogen-bond donors (Lipinski definition) is 1. The fourth-order valence-electron chi connectivity index (χ4n) is 3.39. The van der Waals surface area contributed by atoms with Gasteiger partial charge in [0.15, 0.2) is 0 Å². The van der Waals surface area contributed by atoms with Crippen LogP contribution in [0.5, 0.6) is 0 Å². The first-order valence-electron chi connectivity index (χ1n) is 7.00. The van der Waals surface area contributed by atoms with E-state index in [1.165, 1.54) is 50.0 Å². The summed E-state index contributed by atoms with van der Waals surface area (Å²) in [4.78, 5) is 2.49. The van der Waals surface area contributed by atoms with Crippen LogP contribution in [0.3, 0.4) is 0 Å². The Morgan fingerprint density at radius 2 is 2.00 bits per heavy atom. The van der Waals surface area contributed by atoms with Crippen LogP contribution in [0.4, 0.5) is 5.69 Å². The minimum atomic E-state index is 0.0519. The Bertz CT molecular complexity index is 432. The van der Waals surface area contributed by atoms with E-state index in [1.54, 1.807) is 0 Å². The molecule has 1 N–H and O–H groups in total. The third-order valence-corrected chi connectivity index (χ3v) is 4.67. The third kappa shape index (κ3) is 2.02. The molecular weight excluding hydrogens is 244 g/mol. The van der Waals surface area contributed by atoms with Crippen LogP contribution in [0.15, 0.2) is 18.2 Å². The van der Waals surface area contributed by atoms with Gasteiger partial charge < -0.3 is 10.2 Å². The normalized spacial score (nSPS) is 28.0. The van der Waals surface area contributed by atoms with Crippen molar-refractivity contribution in [3.05, 3.63) is 28.8 Å². The maximum atomic E-state index is 6.51. The fraction of sp³-hybridized carbons (Fsp3) is 0.600. The summed E-state index contributed by atoms with van der Waals surface area (Å²) in [6.45, 7) is 5.73. The minimum Gasteiger partial charge on any atom is -0.371 e. The van der Waals surface area contributed by atoms with E-state index in [4.69, 9.17) is 11.6 Å². The van der Waals surface area contributed by atoms with Gasteiger partial charge in [-0.1, -0.05) is 17.7 Å². The predicted octanol–water partition coefficient (Wildman–Crippen LogP) is 3.54. The molecule has 0 aliphatic carbocycles. The maximum absolute atomic E-state index is 6.51. The molecule has 18 heavy (non-hydrogen) atoms. The van der Waals surface area contributed by atoms with E-state index in [1.807, 2.05) is 6.07 Å². The molecule has 2 aliphatic heterocycles. The highest BCUT2D eigenvalue weighted by atomic mass is 35.5. The second-order valence-corrected chi connectivity index (χ2v) is 6.10. The molecular formula is C15H21ClN2. The number of benzene rings is 1. The van der Waals surface area contributed by atoms with Crippen LogP contribution < -0.4 is 10.2 Å². The van der Waals surface area contributed by atoms with E-state index in [0.717, 1.165) is 11.6 Å². The summed E-state index contributed by atoms with van der Waals surface area (Å²) in [5, 5.41) is 4.56. The molecule has 1 aromatic rings. The monoisotopic (exact) mass is 264 g/mol. The Morgan fingerprint density at radius 3 is 2.67 bits per heavy atom. The van der Waals surface area contributed by atoms with Crippen LogP contribution in [-0.4, -0.2) is 19.6 Å². The van der Waals surface area contributed by atoms with Gasteiger partial charge in [0, 0.05) is 34.9 Å². The predicted molar refractivity (Wildman–Crippen MR) is 77.5 cm³/mol. The van der Waals surface area contributed by atoms with Gasteiger partial charge in [0.1, 0.15) is 0 Å². The highest BCUT2D eigenvalue weighted by Gasteiger charge is 2.35. The van der Waals surface area contributed by atoms with Crippen LogP contribution in [0.1, 0.15) is 38.2 Å². The lowest BCUT2D eigenvalue weighted by molar-refractivity contribution is 0.435. The van der Waals surface area contributed by atoms with E-state index >= 15 is 0 Å². The maximum Gasteiger partial charge on any atom is 0.0477 e. The van der Waals surface area contributed by atoms with Gasteiger partial charge in [0.2, 0.25) is 0 Å². The van der Waals surface area contributed by atoms with E-state index < -0.39 is 0 Å². The van der Waals surface area contributed by atoms with Crippen LogP contribution >= 0.6 is 11.6 Å². The van der Waals surface area contributed by atoms with Crippen molar-refractivity contribution >= 4 is 17.3 Å². The van der Waals surface area contributed by atoms with Gasteiger partial charge in [-0.2, -0.15) is 0 Å². The summed E-state index contributed by atoms with van der Waals surface area (Å²) in [5.41, 5.74) is 2.71. The standard InChI is InChI=1S/C15H21ClN2/c1-15(8-5-9-17-15)14-12(16)6-4-7-13(14)18-10-2-3-11-18/h4,6-7,17H,2-3,5,8-11H2,1H3. The zero-order valence-electron chi connectivity index (χ0n) is 11.0. The Hall–Kier alpha value is -0.730. The Kier molecular flexibility index (Phi) is 3.25. The van der Waals surface area contributed by atoms with Crippen LogP contribution in [0.2, 0.25) is 5.02 Å². The lowest BCUT2D eigenvalue weighted by atomic mass is 9.88.